The van der Waals surface area contributed by atoms with E-state index in [9.17, 15) is 4.79 Å². The van der Waals surface area contributed by atoms with Crippen LogP contribution in [0, 0.1) is 0 Å². The number of benzene rings is 2. The van der Waals surface area contributed by atoms with Crippen molar-refractivity contribution in [3.05, 3.63) is 65.7 Å². The summed E-state index contributed by atoms with van der Waals surface area (Å²) in [6.07, 6.45) is 3.09. The van der Waals surface area contributed by atoms with Gasteiger partial charge in [0.1, 0.15) is 5.75 Å². The van der Waals surface area contributed by atoms with Gasteiger partial charge in [-0.1, -0.05) is 42.5 Å². The number of halogens is 1. The quantitative estimate of drug-likeness (QED) is 0.277. The standard InChI is InChI=1S/C22H28N4O2.HI/c1-23-22(24-13-12-17-6-3-2-4-7-17)25-15-18-8-5-9-20(14-18)28-16-21(27)26-19-10-11-19;/h2-9,14,19H,10-13,15-16H2,1H3,(H,26,27)(H2,23,24,25);1H. The summed E-state index contributed by atoms with van der Waals surface area (Å²) in [5.41, 5.74) is 2.35. The Morgan fingerprint density at radius 1 is 1.07 bits per heavy atom. The van der Waals surface area contributed by atoms with Crippen molar-refractivity contribution in [1.82, 2.24) is 16.0 Å². The summed E-state index contributed by atoms with van der Waals surface area (Å²) in [6, 6.07) is 18.5. The predicted molar refractivity (Wildman–Crippen MR) is 127 cm³/mol. The molecule has 0 unspecified atom stereocenters. The number of guanidine groups is 1. The van der Waals surface area contributed by atoms with Gasteiger partial charge in [-0.2, -0.15) is 0 Å². The fraction of sp³-hybridized carbons (Fsp3) is 0.364. The molecule has 1 amide bonds. The van der Waals surface area contributed by atoms with E-state index in [0.29, 0.717) is 18.3 Å². The number of carbonyl (C=O) groups excluding carboxylic acids is 1. The zero-order valence-electron chi connectivity index (χ0n) is 16.7. The first-order valence-corrected chi connectivity index (χ1v) is 9.72. The minimum atomic E-state index is -0.0611. The minimum Gasteiger partial charge on any atom is -0.484 e. The molecule has 156 valence electrons. The zero-order chi connectivity index (χ0) is 19.6. The number of aliphatic imine (C=N–C) groups is 1. The highest BCUT2D eigenvalue weighted by atomic mass is 127. The number of nitrogens with one attached hydrogen (secondary N) is 3. The van der Waals surface area contributed by atoms with Gasteiger partial charge in [-0.25, -0.2) is 0 Å². The van der Waals surface area contributed by atoms with E-state index in [1.54, 1.807) is 7.05 Å². The minimum absolute atomic E-state index is 0. The topological polar surface area (TPSA) is 74.8 Å². The molecule has 0 aliphatic heterocycles. The van der Waals surface area contributed by atoms with Crippen molar-refractivity contribution in [1.29, 1.82) is 0 Å². The lowest BCUT2D eigenvalue weighted by Gasteiger charge is -2.13. The summed E-state index contributed by atoms with van der Waals surface area (Å²) in [5.74, 6) is 1.39. The van der Waals surface area contributed by atoms with Crippen LogP contribution in [0.15, 0.2) is 59.6 Å². The fourth-order valence-corrected chi connectivity index (χ4v) is 2.77. The zero-order valence-corrected chi connectivity index (χ0v) is 19.0. The van der Waals surface area contributed by atoms with Gasteiger partial charge in [0, 0.05) is 26.2 Å². The number of carbonyl (C=O) groups is 1. The lowest BCUT2D eigenvalue weighted by atomic mass is 10.1. The second-order valence-corrected chi connectivity index (χ2v) is 6.87. The molecule has 2 aromatic rings. The number of rotatable bonds is 9. The molecule has 1 fully saturated rings. The van der Waals surface area contributed by atoms with Gasteiger partial charge >= 0.3 is 0 Å². The van der Waals surface area contributed by atoms with E-state index in [0.717, 1.165) is 37.3 Å². The maximum absolute atomic E-state index is 11.7. The van der Waals surface area contributed by atoms with Gasteiger partial charge in [-0.15, -0.1) is 24.0 Å². The van der Waals surface area contributed by atoms with Gasteiger partial charge in [0.25, 0.3) is 5.91 Å². The highest BCUT2D eigenvalue weighted by molar-refractivity contribution is 14.0. The first-order valence-electron chi connectivity index (χ1n) is 9.72. The van der Waals surface area contributed by atoms with Crippen LogP contribution in [0.25, 0.3) is 0 Å². The number of ether oxygens (including phenoxy) is 1. The van der Waals surface area contributed by atoms with Crippen molar-refractivity contribution in [3.8, 4) is 5.75 Å². The van der Waals surface area contributed by atoms with E-state index < -0.39 is 0 Å². The highest BCUT2D eigenvalue weighted by Gasteiger charge is 2.23. The molecule has 0 spiro atoms. The average Bonchev–Trinajstić information content (AvgIpc) is 3.54. The maximum atomic E-state index is 11.7. The largest absolute Gasteiger partial charge is 0.484 e. The molecule has 6 nitrogen and oxygen atoms in total. The van der Waals surface area contributed by atoms with E-state index in [2.05, 4.69) is 33.1 Å². The molecular weight excluding hydrogens is 479 g/mol. The Morgan fingerprint density at radius 3 is 2.55 bits per heavy atom. The van der Waals surface area contributed by atoms with Crippen LogP contribution >= 0.6 is 24.0 Å². The summed E-state index contributed by atoms with van der Waals surface area (Å²) in [5, 5.41) is 9.54. The van der Waals surface area contributed by atoms with Crippen molar-refractivity contribution in [2.45, 2.75) is 31.8 Å². The third-order valence-corrected chi connectivity index (χ3v) is 4.44. The monoisotopic (exact) mass is 508 g/mol. The van der Waals surface area contributed by atoms with E-state index in [-0.39, 0.29) is 36.5 Å². The van der Waals surface area contributed by atoms with Crippen LogP contribution in [0.4, 0.5) is 0 Å². The third-order valence-electron chi connectivity index (χ3n) is 4.44. The molecular formula is C22H29IN4O2. The van der Waals surface area contributed by atoms with Crippen molar-refractivity contribution >= 4 is 35.8 Å². The summed E-state index contributed by atoms with van der Waals surface area (Å²) in [4.78, 5) is 16.0. The van der Waals surface area contributed by atoms with E-state index >= 15 is 0 Å². The molecule has 1 aliphatic carbocycles. The summed E-state index contributed by atoms with van der Waals surface area (Å²) in [7, 11) is 1.76. The maximum Gasteiger partial charge on any atom is 0.258 e. The smallest absolute Gasteiger partial charge is 0.258 e. The van der Waals surface area contributed by atoms with Crippen LogP contribution in [0.2, 0.25) is 0 Å². The molecule has 2 aromatic carbocycles. The van der Waals surface area contributed by atoms with Crippen LogP contribution < -0.4 is 20.7 Å². The first kappa shape index (κ1) is 23.0. The Kier molecular flexibility index (Phi) is 9.76. The second kappa shape index (κ2) is 12.3. The molecule has 0 heterocycles. The van der Waals surface area contributed by atoms with Gasteiger partial charge in [-0.3, -0.25) is 9.79 Å². The van der Waals surface area contributed by atoms with Gasteiger partial charge < -0.3 is 20.7 Å². The van der Waals surface area contributed by atoms with Crippen LogP contribution in [-0.4, -0.2) is 38.1 Å². The fourth-order valence-electron chi connectivity index (χ4n) is 2.77. The summed E-state index contributed by atoms with van der Waals surface area (Å²) < 4.78 is 5.60. The molecule has 3 N–H and O–H groups in total. The van der Waals surface area contributed by atoms with Crippen molar-refractivity contribution in [3.63, 3.8) is 0 Å². The van der Waals surface area contributed by atoms with Crippen LogP contribution in [0.3, 0.4) is 0 Å². The SMILES string of the molecule is CN=C(NCCc1ccccc1)NCc1cccc(OCC(=O)NC2CC2)c1.I. The predicted octanol–water partition coefficient (Wildman–Crippen LogP) is 2.87. The molecule has 1 aliphatic rings. The first-order chi connectivity index (χ1) is 13.7. The normalized spacial score (nSPS) is 13.2. The molecule has 0 radical (unpaired) electrons. The molecule has 7 heteroatoms. The lowest BCUT2D eigenvalue weighted by Crippen LogP contribution is -2.37. The Hall–Kier alpha value is -2.29. The van der Waals surface area contributed by atoms with E-state index in [1.807, 2.05) is 42.5 Å². The van der Waals surface area contributed by atoms with Gasteiger partial charge in [-0.05, 0) is 42.5 Å². The van der Waals surface area contributed by atoms with Gasteiger partial charge in [0.2, 0.25) is 0 Å². The van der Waals surface area contributed by atoms with E-state index in [4.69, 9.17) is 4.74 Å². The Labute approximate surface area is 189 Å². The van der Waals surface area contributed by atoms with Crippen LogP contribution in [0.5, 0.6) is 5.75 Å². The molecule has 29 heavy (non-hydrogen) atoms. The second-order valence-electron chi connectivity index (χ2n) is 6.87. The molecule has 3 rings (SSSR count). The average molecular weight is 508 g/mol. The summed E-state index contributed by atoms with van der Waals surface area (Å²) >= 11 is 0. The molecule has 0 saturated heterocycles. The third kappa shape index (κ3) is 8.72. The number of amides is 1. The highest BCUT2D eigenvalue weighted by Crippen LogP contribution is 2.18. The molecule has 0 aromatic heterocycles. The van der Waals surface area contributed by atoms with E-state index in [1.165, 1.54) is 5.56 Å². The van der Waals surface area contributed by atoms with Crippen LogP contribution in [0.1, 0.15) is 24.0 Å². The Morgan fingerprint density at radius 2 is 1.83 bits per heavy atom. The van der Waals surface area contributed by atoms with Crippen LogP contribution in [-0.2, 0) is 17.8 Å². The van der Waals surface area contributed by atoms with Gasteiger partial charge in [0.05, 0.1) is 0 Å². The lowest BCUT2D eigenvalue weighted by molar-refractivity contribution is -0.123. The Bertz CT molecular complexity index is 794. The van der Waals surface area contributed by atoms with Crippen molar-refractivity contribution in [2.24, 2.45) is 4.99 Å². The molecule has 1 saturated carbocycles. The Balaban J connectivity index is 0.00000300. The van der Waals surface area contributed by atoms with Crippen molar-refractivity contribution < 1.29 is 9.53 Å². The summed E-state index contributed by atoms with van der Waals surface area (Å²) in [6.45, 7) is 1.48. The van der Waals surface area contributed by atoms with Crippen molar-refractivity contribution in [2.75, 3.05) is 20.2 Å². The molecule has 0 bridgehead atoms. The number of hydrogen-bond donors (Lipinski definition) is 3. The van der Waals surface area contributed by atoms with Gasteiger partial charge in [0.15, 0.2) is 12.6 Å². The number of nitrogens with zero attached hydrogens (tertiary/aromatic N) is 1. The number of hydrogen-bond acceptors (Lipinski definition) is 3. The molecule has 0 atom stereocenters.